The Morgan fingerprint density at radius 1 is 0.978 bits per heavy atom. The van der Waals surface area contributed by atoms with Crippen LogP contribution in [0.4, 0.5) is 5.82 Å². The molecule has 1 amide bonds. The van der Waals surface area contributed by atoms with Crippen LogP contribution in [0.25, 0.3) is 11.2 Å². The first-order valence-corrected chi connectivity index (χ1v) is 16.0. The van der Waals surface area contributed by atoms with Gasteiger partial charge in [0.25, 0.3) is 5.91 Å². The zero-order valence-corrected chi connectivity index (χ0v) is 24.7. The van der Waals surface area contributed by atoms with Crippen LogP contribution in [-0.2, 0) is 36.8 Å². The van der Waals surface area contributed by atoms with Crippen molar-refractivity contribution in [1.29, 1.82) is 0 Å². The number of aliphatic hydroxyl groups excluding tert-OH is 4. The van der Waals surface area contributed by atoms with Crippen molar-refractivity contribution < 1.29 is 67.0 Å². The van der Waals surface area contributed by atoms with Gasteiger partial charge in [0.05, 0.1) is 19.5 Å². The molecule has 3 aliphatic rings. The number of imidazole rings is 1. The van der Waals surface area contributed by atoms with Crippen LogP contribution in [0.3, 0.4) is 0 Å². The number of rotatable bonds is 11. The lowest BCUT2D eigenvalue weighted by molar-refractivity contribution is -0.117. The number of ether oxygens (including phenoxy) is 2. The highest BCUT2D eigenvalue weighted by Gasteiger charge is 2.48. The van der Waals surface area contributed by atoms with Crippen LogP contribution in [0.2, 0.25) is 0 Å². The Labute approximate surface area is 252 Å². The van der Waals surface area contributed by atoms with Gasteiger partial charge in [-0.15, -0.1) is 0 Å². The number of nitrogens with one attached hydrogen (secondary N) is 1. The number of hydrogen-bond donors (Lipinski definition) is 9. The van der Waals surface area contributed by atoms with Crippen LogP contribution >= 0.6 is 15.6 Å². The maximum absolute atomic E-state index is 12.4. The van der Waals surface area contributed by atoms with Crippen molar-refractivity contribution in [3.63, 3.8) is 0 Å². The number of anilines is 1. The molecule has 0 spiro atoms. The number of nitrogens with two attached hydrogens (primary N) is 2. The Balaban J connectivity index is 1.13. The van der Waals surface area contributed by atoms with Gasteiger partial charge in [0.15, 0.2) is 23.9 Å². The third-order valence-corrected chi connectivity index (χ3v) is 9.64. The van der Waals surface area contributed by atoms with E-state index in [0.29, 0.717) is 0 Å². The van der Waals surface area contributed by atoms with E-state index >= 15 is 0 Å². The standard InChI is InChI=1S/C21H30N8O14P2/c22-17-12-18(25-7-24-17)29(8-26-12)21-16(33)14(31)11(42-21)6-40-45(37,38)43-44(35,36)39-5-10-13(30)15(32)20(41-10)28-3-1-9(2-4-28)19(34)27-23/h1-3,7-8,10-11,13-16,20-21,30-33H,4-6,23H2,(H,27,34)(H,35,36)(H,37,38)(H2,22,24,25). The number of hydrazine groups is 1. The van der Waals surface area contributed by atoms with Crippen molar-refractivity contribution in [2.75, 3.05) is 25.5 Å². The monoisotopic (exact) mass is 680 g/mol. The molecular formula is C21H30N8O14P2. The molecule has 2 fully saturated rings. The smallest absolute Gasteiger partial charge is 0.387 e. The predicted octanol–water partition coefficient (Wildman–Crippen LogP) is -3.53. The molecule has 10 unspecified atom stereocenters. The van der Waals surface area contributed by atoms with E-state index in [2.05, 4.69) is 19.3 Å². The number of aromatic nitrogens is 4. The summed E-state index contributed by atoms with van der Waals surface area (Å²) >= 11 is 0. The summed E-state index contributed by atoms with van der Waals surface area (Å²) in [6, 6.07) is 0. The Kier molecular flexibility index (Phi) is 9.71. The lowest BCUT2D eigenvalue weighted by Gasteiger charge is -2.30. The minimum atomic E-state index is -5.36. The summed E-state index contributed by atoms with van der Waals surface area (Å²) in [7, 11) is -10.7. The predicted molar refractivity (Wildman–Crippen MR) is 145 cm³/mol. The molecule has 0 bridgehead atoms. The quantitative estimate of drug-likeness (QED) is 0.0480. The first-order valence-electron chi connectivity index (χ1n) is 13.0. The molecule has 5 rings (SSSR count). The van der Waals surface area contributed by atoms with Gasteiger partial charge in [0, 0.05) is 18.3 Å². The first-order chi connectivity index (χ1) is 21.2. The zero-order chi connectivity index (χ0) is 32.7. The highest BCUT2D eigenvalue weighted by atomic mass is 31.3. The van der Waals surface area contributed by atoms with Crippen LogP contribution in [-0.4, -0.2) is 123 Å². The molecule has 11 N–H and O–H groups in total. The van der Waals surface area contributed by atoms with Crippen LogP contribution in [0, 0.1) is 0 Å². The van der Waals surface area contributed by atoms with Gasteiger partial charge < -0.3 is 50.3 Å². The third-order valence-electron chi connectivity index (χ3n) is 7.03. The number of nitrogens with zero attached hydrogens (tertiary/aromatic N) is 5. The maximum atomic E-state index is 12.4. The summed E-state index contributed by atoms with van der Waals surface area (Å²) in [6.45, 7) is -1.69. The average Bonchev–Trinajstić information content (AvgIpc) is 3.64. The van der Waals surface area contributed by atoms with Crippen molar-refractivity contribution in [3.8, 4) is 0 Å². The molecular weight excluding hydrogens is 650 g/mol. The second kappa shape index (κ2) is 13.1. The van der Waals surface area contributed by atoms with Gasteiger partial charge in [-0.1, -0.05) is 6.08 Å². The number of aliphatic hydroxyl groups is 4. The van der Waals surface area contributed by atoms with E-state index in [9.17, 15) is 44.1 Å². The van der Waals surface area contributed by atoms with Crippen molar-refractivity contribution >= 4 is 38.5 Å². The summed E-state index contributed by atoms with van der Waals surface area (Å²) in [6.07, 6.45) is -4.98. The summed E-state index contributed by atoms with van der Waals surface area (Å²) in [4.78, 5) is 45.0. The fourth-order valence-corrected chi connectivity index (χ4v) is 6.85. The second-order valence-electron chi connectivity index (χ2n) is 9.93. The minimum Gasteiger partial charge on any atom is -0.387 e. The topological polar surface area (TPSA) is 330 Å². The lowest BCUT2D eigenvalue weighted by atomic mass is 10.1. The molecule has 2 saturated heterocycles. The van der Waals surface area contributed by atoms with E-state index in [-0.39, 0.29) is 29.1 Å². The van der Waals surface area contributed by atoms with E-state index in [4.69, 9.17) is 30.1 Å². The number of carbonyl (C=O) groups excluding carboxylic acids is 1. The second-order valence-corrected chi connectivity index (χ2v) is 13.0. The summed E-state index contributed by atoms with van der Waals surface area (Å²) in [5, 5.41) is 41.7. The van der Waals surface area contributed by atoms with Crippen LogP contribution < -0.4 is 17.0 Å². The number of fused-ring (bicyclic) bond motifs is 1. The largest absolute Gasteiger partial charge is 0.481 e. The summed E-state index contributed by atoms with van der Waals surface area (Å²) < 4.78 is 50.9. The van der Waals surface area contributed by atoms with Crippen LogP contribution in [0.5, 0.6) is 0 Å². The molecule has 2 aromatic heterocycles. The van der Waals surface area contributed by atoms with E-state index < -0.39 is 83.8 Å². The summed E-state index contributed by atoms with van der Waals surface area (Å²) in [5.74, 6) is 4.60. The van der Waals surface area contributed by atoms with E-state index in [1.807, 2.05) is 5.43 Å². The molecule has 0 aromatic carbocycles. The molecule has 22 nitrogen and oxygen atoms in total. The van der Waals surface area contributed by atoms with Gasteiger partial charge >= 0.3 is 15.6 Å². The lowest BCUT2D eigenvalue weighted by Crippen LogP contribution is -2.42. The third kappa shape index (κ3) is 7.09. The molecule has 248 valence electrons. The van der Waals surface area contributed by atoms with Gasteiger partial charge in [-0.25, -0.2) is 29.9 Å². The number of phosphoric acid groups is 2. The van der Waals surface area contributed by atoms with Gasteiger partial charge in [-0.3, -0.25) is 23.8 Å². The first kappa shape index (κ1) is 33.4. The molecule has 45 heavy (non-hydrogen) atoms. The Morgan fingerprint density at radius 3 is 2.16 bits per heavy atom. The number of nitrogen functional groups attached to an aromatic ring is 1. The average molecular weight is 680 g/mol. The molecule has 2 aromatic rings. The number of phosphoric ester groups is 2. The van der Waals surface area contributed by atoms with Gasteiger partial charge in [-0.2, -0.15) is 4.31 Å². The molecule has 3 aliphatic heterocycles. The number of amides is 1. The number of hydrogen-bond acceptors (Lipinski definition) is 18. The van der Waals surface area contributed by atoms with Crippen molar-refractivity contribution in [3.05, 3.63) is 36.6 Å². The molecule has 5 heterocycles. The van der Waals surface area contributed by atoms with E-state index in [0.717, 1.165) is 6.33 Å². The highest BCUT2D eigenvalue weighted by Crippen LogP contribution is 2.60. The number of carbonyl (C=O) groups is 1. The van der Waals surface area contributed by atoms with Gasteiger partial charge in [0.2, 0.25) is 0 Å². The van der Waals surface area contributed by atoms with E-state index in [1.54, 1.807) is 0 Å². The summed E-state index contributed by atoms with van der Waals surface area (Å²) in [5.41, 5.74) is 8.32. The van der Waals surface area contributed by atoms with Crippen LogP contribution in [0.15, 0.2) is 36.6 Å². The Bertz CT molecular complexity index is 1580. The van der Waals surface area contributed by atoms with Gasteiger partial charge in [-0.05, 0) is 6.08 Å². The van der Waals surface area contributed by atoms with Crippen molar-refractivity contribution in [2.24, 2.45) is 5.84 Å². The zero-order valence-electron chi connectivity index (χ0n) is 22.9. The molecule has 0 radical (unpaired) electrons. The fraction of sp³-hybridized carbons (Fsp3) is 0.524. The van der Waals surface area contributed by atoms with E-state index in [1.165, 1.54) is 34.1 Å². The molecule has 0 aliphatic carbocycles. The molecule has 10 atom stereocenters. The minimum absolute atomic E-state index is 0.0520. The molecule has 0 saturated carbocycles. The Morgan fingerprint density at radius 2 is 1.58 bits per heavy atom. The normalized spacial score (nSPS) is 32.8. The van der Waals surface area contributed by atoms with Gasteiger partial charge in [0.1, 0.15) is 48.5 Å². The van der Waals surface area contributed by atoms with Crippen molar-refractivity contribution in [2.45, 2.75) is 49.1 Å². The highest BCUT2D eigenvalue weighted by molar-refractivity contribution is 7.61. The Hall–Kier alpha value is -2.92. The fourth-order valence-electron chi connectivity index (χ4n) is 4.76. The molecule has 24 heteroatoms. The van der Waals surface area contributed by atoms with Crippen LogP contribution in [0.1, 0.15) is 6.23 Å². The maximum Gasteiger partial charge on any atom is 0.481 e. The SMILES string of the molecule is NNC(=O)C1=CCN(C2OC(COP(=O)(O)OP(=O)(O)OCC3OC(n4cnc5c(N)ncnc54)C(O)C3O)C(O)C2O)C=C1. The van der Waals surface area contributed by atoms with Crippen molar-refractivity contribution in [1.82, 2.24) is 29.8 Å².